The van der Waals surface area contributed by atoms with Gasteiger partial charge in [-0.1, -0.05) is 48.5 Å². The van der Waals surface area contributed by atoms with E-state index in [4.69, 9.17) is 0 Å². The minimum atomic E-state index is -0.191. The molecule has 0 aliphatic heterocycles. The second-order valence-corrected chi connectivity index (χ2v) is 8.92. The van der Waals surface area contributed by atoms with Gasteiger partial charge in [-0.05, 0) is 31.0 Å². The van der Waals surface area contributed by atoms with E-state index in [-0.39, 0.29) is 18.0 Å². The molecule has 164 valence electrons. The van der Waals surface area contributed by atoms with Crippen LogP contribution in [-0.2, 0) is 11.3 Å². The largest absolute Gasteiger partial charge is 0.375 e. The first kappa shape index (κ1) is 21.8. The number of rotatable bonds is 8. The van der Waals surface area contributed by atoms with Crippen LogP contribution < -0.4 is 15.8 Å². The van der Waals surface area contributed by atoms with Gasteiger partial charge < -0.3 is 10.2 Å². The number of hydrogen-bond donors (Lipinski definition) is 1. The van der Waals surface area contributed by atoms with Crippen molar-refractivity contribution in [3.8, 4) is 11.1 Å². The number of amides is 1. The average Bonchev–Trinajstić information content (AvgIpc) is 3.16. The third-order valence-electron chi connectivity index (χ3n) is 5.42. The van der Waals surface area contributed by atoms with Gasteiger partial charge in [0.2, 0.25) is 5.91 Å². The fourth-order valence-electron chi connectivity index (χ4n) is 3.77. The van der Waals surface area contributed by atoms with E-state index in [1.807, 2.05) is 62.5 Å². The Morgan fingerprint density at radius 3 is 2.50 bits per heavy atom. The minimum Gasteiger partial charge on any atom is -0.375 e. The summed E-state index contributed by atoms with van der Waals surface area (Å²) in [5.74, 6) is -0.191. The van der Waals surface area contributed by atoms with Gasteiger partial charge in [0.15, 0.2) is 0 Å². The average molecular weight is 447 g/mol. The molecular formula is C25H26N4O2S. The number of para-hydroxylation sites is 1. The quantitative estimate of drug-likeness (QED) is 0.414. The number of thiophene rings is 1. The molecule has 0 aliphatic carbocycles. The zero-order valence-electron chi connectivity index (χ0n) is 18.2. The van der Waals surface area contributed by atoms with Gasteiger partial charge in [-0.2, -0.15) is 0 Å². The molecule has 4 aromatic rings. The fraction of sp³-hybridized carbons (Fsp3) is 0.240. The van der Waals surface area contributed by atoms with E-state index in [0.717, 1.165) is 34.7 Å². The van der Waals surface area contributed by atoms with Crippen molar-refractivity contribution < 1.29 is 4.79 Å². The zero-order chi connectivity index (χ0) is 22.5. The van der Waals surface area contributed by atoms with Crippen molar-refractivity contribution in [2.45, 2.75) is 19.9 Å². The van der Waals surface area contributed by atoms with Crippen molar-refractivity contribution >= 4 is 33.1 Å². The van der Waals surface area contributed by atoms with Crippen molar-refractivity contribution in [2.75, 3.05) is 25.0 Å². The number of hydrogen-bond acceptors (Lipinski definition) is 5. The highest BCUT2D eigenvalue weighted by molar-refractivity contribution is 7.19. The van der Waals surface area contributed by atoms with Crippen molar-refractivity contribution in [2.24, 2.45) is 0 Å². The summed E-state index contributed by atoms with van der Waals surface area (Å²) in [4.78, 5) is 34.0. The number of fused-ring (bicyclic) bond motifs is 1. The molecule has 4 rings (SSSR count). The maximum atomic E-state index is 13.2. The molecule has 0 atom stereocenters. The molecule has 2 aromatic heterocycles. The first-order chi connectivity index (χ1) is 15.5. The van der Waals surface area contributed by atoms with Gasteiger partial charge in [-0.15, -0.1) is 11.3 Å². The number of carbonyl (C=O) groups excluding carboxylic acids is 1. The molecule has 0 saturated carbocycles. The van der Waals surface area contributed by atoms with Crippen LogP contribution in [0.3, 0.4) is 0 Å². The number of nitrogens with one attached hydrogen (secondary N) is 1. The molecule has 1 amide bonds. The molecule has 0 radical (unpaired) electrons. The summed E-state index contributed by atoms with van der Waals surface area (Å²) in [6.07, 6.45) is 2.28. The zero-order valence-corrected chi connectivity index (χ0v) is 19.1. The monoisotopic (exact) mass is 446 g/mol. The summed E-state index contributed by atoms with van der Waals surface area (Å²) in [6.45, 7) is 3.33. The van der Waals surface area contributed by atoms with Crippen LogP contribution in [0.4, 0.5) is 5.69 Å². The second-order valence-electron chi connectivity index (χ2n) is 7.72. The summed E-state index contributed by atoms with van der Waals surface area (Å²) in [6, 6.07) is 20.0. The highest BCUT2D eigenvalue weighted by atomic mass is 32.1. The predicted octanol–water partition coefficient (Wildman–Crippen LogP) is 4.08. The van der Waals surface area contributed by atoms with Gasteiger partial charge in [0.25, 0.3) is 5.56 Å². The maximum absolute atomic E-state index is 13.2. The highest BCUT2D eigenvalue weighted by Gasteiger charge is 2.17. The summed E-state index contributed by atoms with van der Waals surface area (Å²) in [5, 5.41) is 3.50. The molecule has 2 heterocycles. The summed E-state index contributed by atoms with van der Waals surface area (Å²) in [5.41, 5.74) is 2.85. The van der Waals surface area contributed by atoms with Gasteiger partial charge in [-0.25, -0.2) is 4.98 Å². The first-order valence-electron chi connectivity index (χ1n) is 10.6. The minimum absolute atomic E-state index is 0.0422. The van der Waals surface area contributed by atoms with Crippen LogP contribution in [0.5, 0.6) is 0 Å². The third kappa shape index (κ3) is 4.73. The van der Waals surface area contributed by atoms with Crippen LogP contribution in [0.2, 0.25) is 0 Å². The number of anilines is 1. The van der Waals surface area contributed by atoms with E-state index >= 15 is 0 Å². The Labute approximate surface area is 191 Å². The lowest BCUT2D eigenvalue weighted by Gasteiger charge is -2.19. The van der Waals surface area contributed by atoms with Gasteiger partial charge in [0, 0.05) is 36.3 Å². The van der Waals surface area contributed by atoms with Crippen LogP contribution in [0.25, 0.3) is 21.3 Å². The van der Waals surface area contributed by atoms with Gasteiger partial charge in [0.1, 0.15) is 11.4 Å². The molecule has 0 saturated heterocycles. The molecule has 0 bridgehead atoms. The van der Waals surface area contributed by atoms with Crippen LogP contribution in [0.1, 0.15) is 11.3 Å². The lowest BCUT2D eigenvalue weighted by Crippen LogP contribution is -2.34. The number of aryl methyl sites for hydroxylation is 1. The Morgan fingerprint density at radius 2 is 1.78 bits per heavy atom. The molecule has 7 heteroatoms. The summed E-state index contributed by atoms with van der Waals surface area (Å²) in [7, 11) is 2.03. The van der Waals surface area contributed by atoms with Crippen LogP contribution in [-0.4, -0.2) is 35.6 Å². The SMILES string of the molecule is Cc1sc2ncn(CC(=O)NCCCN(C)c3ccccc3)c(=O)c2c1-c1ccccc1. The number of nitrogens with zero attached hydrogens (tertiary/aromatic N) is 3. The Bertz CT molecular complexity index is 1270. The van der Waals surface area contributed by atoms with E-state index in [1.54, 1.807) is 0 Å². The fourth-order valence-corrected chi connectivity index (χ4v) is 4.77. The lowest BCUT2D eigenvalue weighted by atomic mass is 10.0. The van der Waals surface area contributed by atoms with Gasteiger partial charge in [0.05, 0.1) is 11.7 Å². The van der Waals surface area contributed by atoms with Crippen LogP contribution in [0.15, 0.2) is 71.8 Å². The molecule has 6 nitrogen and oxygen atoms in total. The van der Waals surface area contributed by atoms with E-state index in [0.29, 0.717) is 16.8 Å². The second kappa shape index (κ2) is 9.78. The van der Waals surface area contributed by atoms with Crippen molar-refractivity contribution in [3.05, 3.63) is 82.2 Å². The van der Waals surface area contributed by atoms with Crippen molar-refractivity contribution in [3.63, 3.8) is 0 Å². The number of benzene rings is 2. The maximum Gasteiger partial charge on any atom is 0.263 e. The molecule has 2 aromatic carbocycles. The first-order valence-corrected chi connectivity index (χ1v) is 11.4. The molecule has 1 N–H and O–H groups in total. The smallest absolute Gasteiger partial charge is 0.263 e. The van der Waals surface area contributed by atoms with Crippen LogP contribution in [0, 0.1) is 6.92 Å². The number of aromatic nitrogens is 2. The highest BCUT2D eigenvalue weighted by Crippen LogP contribution is 2.35. The topological polar surface area (TPSA) is 67.2 Å². The summed E-state index contributed by atoms with van der Waals surface area (Å²) < 4.78 is 1.40. The lowest BCUT2D eigenvalue weighted by molar-refractivity contribution is -0.121. The summed E-state index contributed by atoms with van der Waals surface area (Å²) >= 11 is 1.50. The van der Waals surface area contributed by atoms with Gasteiger partial charge in [-0.3, -0.25) is 14.2 Å². The molecule has 32 heavy (non-hydrogen) atoms. The Balaban J connectivity index is 1.41. The Hall–Kier alpha value is -3.45. The number of carbonyl (C=O) groups is 1. The van der Waals surface area contributed by atoms with Gasteiger partial charge >= 0.3 is 0 Å². The van der Waals surface area contributed by atoms with E-state index in [2.05, 4.69) is 27.3 Å². The molecule has 0 aliphatic rings. The standard InChI is InChI=1S/C25H26N4O2S/c1-18-22(19-10-5-3-6-11-19)23-24(32-18)27-17-29(25(23)31)16-21(30)26-14-9-15-28(2)20-12-7-4-8-13-20/h3-8,10-13,17H,9,14-16H2,1-2H3,(H,26,30). The normalized spacial score (nSPS) is 10.9. The van der Waals surface area contributed by atoms with E-state index in [9.17, 15) is 9.59 Å². The molecular weight excluding hydrogens is 420 g/mol. The Kier molecular flexibility index (Phi) is 6.66. The van der Waals surface area contributed by atoms with Crippen LogP contribution >= 0.6 is 11.3 Å². The molecule has 0 spiro atoms. The molecule has 0 fully saturated rings. The predicted molar refractivity (Wildman–Crippen MR) is 131 cm³/mol. The van der Waals surface area contributed by atoms with E-state index < -0.39 is 0 Å². The third-order valence-corrected chi connectivity index (χ3v) is 6.43. The Morgan fingerprint density at radius 1 is 1.09 bits per heavy atom. The van der Waals surface area contributed by atoms with Crippen molar-refractivity contribution in [1.29, 1.82) is 0 Å². The van der Waals surface area contributed by atoms with E-state index in [1.165, 1.54) is 22.2 Å². The molecule has 0 unspecified atom stereocenters. The van der Waals surface area contributed by atoms with Crippen molar-refractivity contribution in [1.82, 2.24) is 14.9 Å².